The lowest BCUT2D eigenvalue weighted by Gasteiger charge is -2.37. The SMILES string of the molecule is COc1ccccc1C1CNCCN1C(=O)c1cc(F)ccc1[N+](=O)[O-].Cl. The van der Waals surface area contributed by atoms with Gasteiger partial charge in [-0.15, -0.1) is 12.4 Å². The van der Waals surface area contributed by atoms with Crippen LogP contribution in [0.3, 0.4) is 0 Å². The van der Waals surface area contributed by atoms with Crippen LogP contribution in [0, 0.1) is 15.9 Å². The number of carbonyl (C=O) groups excluding carboxylic acids is 1. The van der Waals surface area contributed by atoms with Gasteiger partial charge in [0.1, 0.15) is 17.1 Å². The van der Waals surface area contributed by atoms with Crippen molar-refractivity contribution in [2.75, 3.05) is 26.7 Å². The van der Waals surface area contributed by atoms with Crippen LogP contribution < -0.4 is 10.1 Å². The molecule has 1 fully saturated rings. The molecule has 144 valence electrons. The number of amides is 1. The predicted molar refractivity (Wildman–Crippen MR) is 99.9 cm³/mol. The van der Waals surface area contributed by atoms with Gasteiger partial charge in [-0.1, -0.05) is 18.2 Å². The van der Waals surface area contributed by atoms with Crippen LogP contribution in [-0.4, -0.2) is 42.5 Å². The molecular formula is C18H19ClFN3O4. The number of para-hydroxylation sites is 1. The highest BCUT2D eigenvalue weighted by Gasteiger charge is 2.33. The summed E-state index contributed by atoms with van der Waals surface area (Å²) in [7, 11) is 1.54. The summed E-state index contributed by atoms with van der Waals surface area (Å²) in [6.07, 6.45) is 0. The first-order valence-corrected chi connectivity index (χ1v) is 8.11. The Kier molecular flexibility index (Phi) is 6.70. The standard InChI is InChI=1S/C18H18FN3O4.ClH/c1-26-17-5-3-2-4-13(17)16-11-20-8-9-21(16)18(23)14-10-12(19)6-7-15(14)22(24)25;/h2-7,10,16,20H,8-9,11H2,1H3;1H. The molecule has 7 nitrogen and oxygen atoms in total. The molecule has 1 N–H and O–H groups in total. The van der Waals surface area contributed by atoms with Gasteiger partial charge < -0.3 is 15.0 Å². The number of benzene rings is 2. The number of nitro groups is 1. The highest BCUT2D eigenvalue weighted by Crippen LogP contribution is 2.32. The third-order valence-electron chi connectivity index (χ3n) is 4.39. The Morgan fingerprint density at radius 2 is 2.07 bits per heavy atom. The average molecular weight is 396 g/mol. The van der Waals surface area contributed by atoms with E-state index in [2.05, 4.69) is 5.32 Å². The molecule has 27 heavy (non-hydrogen) atoms. The van der Waals surface area contributed by atoms with Crippen molar-refractivity contribution in [2.24, 2.45) is 0 Å². The summed E-state index contributed by atoms with van der Waals surface area (Å²) in [6, 6.07) is 9.82. The van der Waals surface area contributed by atoms with Crippen LogP contribution in [0.25, 0.3) is 0 Å². The van der Waals surface area contributed by atoms with Crippen molar-refractivity contribution in [3.63, 3.8) is 0 Å². The summed E-state index contributed by atoms with van der Waals surface area (Å²) in [5.41, 5.74) is 0.125. The highest BCUT2D eigenvalue weighted by atomic mass is 35.5. The van der Waals surface area contributed by atoms with Crippen molar-refractivity contribution < 1.29 is 18.8 Å². The zero-order valence-corrected chi connectivity index (χ0v) is 15.4. The first-order valence-electron chi connectivity index (χ1n) is 8.11. The van der Waals surface area contributed by atoms with Crippen LogP contribution in [0.5, 0.6) is 5.75 Å². The minimum atomic E-state index is -0.692. The summed E-state index contributed by atoms with van der Waals surface area (Å²) in [6.45, 7) is 1.35. The third kappa shape index (κ3) is 4.17. The molecule has 1 heterocycles. The van der Waals surface area contributed by atoms with Crippen molar-refractivity contribution in [2.45, 2.75) is 6.04 Å². The zero-order chi connectivity index (χ0) is 18.7. The Bertz CT molecular complexity index is 849. The van der Waals surface area contributed by atoms with E-state index in [-0.39, 0.29) is 24.0 Å². The van der Waals surface area contributed by atoms with Gasteiger partial charge in [-0.25, -0.2) is 4.39 Å². The molecule has 1 atom stereocenters. The van der Waals surface area contributed by atoms with Crippen LogP contribution >= 0.6 is 12.4 Å². The summed E-state index contributed by atoms with van der Waals surface area (Å²) >= 11 is 0. The topological polar surface area (TPSA) is 84.7 Å². The minimum absolute atomic E-state index is 0. The largest absolute Gasteiger partial charge is 0.496 e. The molecule has 0 aromatic heterocycles. The highest BCUT2D eigenvalue weighted by molar-refractivity contribution is 5.98. The fraction of sp³-hybridized carbons (Fsp3) is 0.278. The normalized spacial score (nSPS) is 16.4. The van der Waals surface area contributed by atoms with Crippen molar-refractivity contribution in [1.82, 2.24) is 10.2 Å². The van der Waals surface area contributed by atoms with E-state index in [1.165, 1.54) is 4.90 Å². The molecule has 0 radical (unpaired) electrons. The average Bonchev–Trinajstić information content (AvgIpc) is 2.67. The van der Waals surface area contributed by atoms with Gasteiger partial charge in [-0.05, 0) is 18.2 Å². The zero-order valence-electron chi connectivity index (χ0n) is 14.6. The lowest BCUT2D eigenvalue weighted by atomic mass is 10.0. The first kappa shape index (κ1) is 20.6. The number of halogens is 2. The second kappa shape index (κ2) is 8.79. The van der Waals surface area contributed by atoms with E-state index >= 15 is 0 Å². The Balaban J connectivity index is 0.00000261. The van der Waals surface area contributed by atoms with Crippen LogP contribution in [-0.2, 0) is 0 Å². The Hall–Kier alpha value is -2.71. The Labute approximate surface area is 161 Å². The molecule has 0 bridgehead atoms. The van der Waals surface area contributed by atoms with Crippen molar-refractivity contribution in [1.29, 1.82) is 0 Å². The molecule has 2 aromatic rings. The molecule has 1 amide bonds. The lowest BCUT2D eigenvalue weighted by Crippen LogP contribution is -2.48. The summed E-state index contributed by atoms with van der Waals surface area (Å²) in [5.74, 6) is -0.649. The summed E-state index contributed by atoms with van der Waals surface area (Å²) < 4.78 is 19.0. The Morgan fingerprint density at radius 1 is 1.33 bits per heavy atom. The number of nitrogens with one attached hydrogen (secondary N) is 1. The third-order valence-corrected chi connectivity index (χ3v) is 4.39. The minimum Gasteiger partial charge on any atom is -0.496 e. The molecule has 3 rings (SSSR count). The van der Waals surface area contributed by atoms with E-state index in [1.54, 1.807) is 13.2 Å². The summed E-state index contributed by atoms with van der Waals surface area (Å²) in [4.78, 5) is 25.1. The number of hydrogen-bond acceptors (Lipinski definition) is 5. The molecule has 1 saturated heterocycles. The van der Waals surface area contributed by atoms with Gasteiger partial charge in [0, 0.05) is 31.3 Å². The maximum atomic E-state index is 13.7. The molecule has 0 saturated carbocycles. The number of piperazine rings is 1. The molecular weight excluding hydrogens is 377 g/mol. The maximum Gasteiger partial charge on any atom is 0.282 e. The van der Waals surface area contributed by atoms with Gasteiger partial charge in [-0.2, -0.15) is 0 Å². The second-order valence-corrected chi connectivity index (χ2v) is 5.88. The van der Waals surface area contributed by atoms with E-state index in [9.17, 15) is 19.3 Å². The lowest BCUT2D eigenvalue weighted by molar-refractivity contribution is -0.385. The Morgan fingerprint density at radius 3 is 2.78 bits per heavy atom. The fourth-order valence-corrected chi connectivity index (χ4v) is 3.16. The number of rotatable bonds is 4. The molecule has 0 aliphatic carbocycles. The van der Waals surface area contributed by atoms with Crippen LogP contribution in [0.1, 0.15) is 22.0 Å². The molecule has 1 aliphatic heterocycles. The smallest absolute Gasteiger partial charge is 0.282 e. The van der Waals surface area contributed by atoms with Crippen molar-refractivity contribution in [3.8, 4) is 5.75 Å². The number of nitrogens with zero attached hydrogens (tertiary/aromatic N) is 2. The van der Waals surface area contributed by atoms with Gasteiger partial charge in [0.05, 0.1) is 18.1 Å². The number of carbonyl (C=O) groups is 1. The number of nitro benzene ring substituents is 1. The molecule has 1 unspecified atom stereocenters. The van der Waals surface area contributed by atoms with Crippen molar-refractivity contribution in [3.05, 3.63) is 69.5 Å². The van der Waals surface area contributed by atoms with Gasteiger partial charge in [-0.3, -0.25) is 14.9 Å². The van der Waals surface area contributed by atoms with E-state index in [4.69, 9.17) is 4.74 Å². The van der Waals surface area contributed by atoms with E-state index in [1.807, 2.05) is 18.2 Å². The van der Waals surface area contributed by atoms with Crippen molar-refractivity contribution >= 4 is 24.0 Å². The number of hydrogen-bond donors (Lipinski definition) is 1. The molecule has 0 spiro atoms. The first-order chi connectivity index (χ1) is 12.5. The van der Waals surface area contributed by atoms with Gasteiger partial charge in [0.25, 0.3) is 11.6 Å². The van der Waals surface area contributed by atoms with Crippen LogP contribution in [0.15, 0.2) is 42.5 Å². The number of ether oxygens (including phenoxy) is 1. The van der Waals surface area contributed by atoms with E-state index < -0.39 is 22.3 Å². The van der Waals surface area contributed by atoms with Gasteiger partial charge in [0.15, 0.2) is 0 Å². The van der Waals surface area contributed by atoms with Crippen LogP contribution in [0.4, 0.5) is 10.1 Å². The van der Waals surface area contributed by atoms with Gasteiger partial charge in [0.2, 0.25) is 0 Å². The quantitative estimate of drug-likeness (QED) is 0.635. The molecule has 2 aromatic carbocycles. The summed E-state index contributed by atoms with van der Waals surface area (Å²) in [5, 5.41) is 14.5. The monoisotopic (exact) mass is 395 g/mol. The predicted octanol–water partition coefficient (Wildman–Crippen LogP) is 2.95. The van der Waals surface area contributed by atoms with Gasteiger partial charge >= 0.3 is 0 Å². The van der Waals surface area contributed by atoms with E-state index in [0.29, 0.717) is 25.4 Å². The van der Waals surface area contributed by atoms with E-state index in [0.717, 1.165) is 23.8 Å². The number of methoxy groups -OCH3 is 1. The maximum absolute atomic E-state index is 13.7. The van der Waals surface area contributed by atoms with Crippen LogP contribution in [0.2, 0.25) is 0 Å². The molecule has 1 aliphatic rings. The second-order valence-electron chi connectivity index (χ2n) is 5.88. The molecule has 9 heteroatoms. The fourth-order valence-electron chi connectivity index (χ4n) is 3.16.